The fourth-order valence-corrected chi connectivity index (χ4v) is 2.93. The lowest BCUT2D eigenvalue weighted by Gasteiger charge is -2.21. The monoisotopic (exact) mass is 394 g/mol. The quantitative estimate of drug-likeness (QED) is 0.539. The van der Waals surface area contributed by atoms with Crippen LogP contribution in [0, 0.1) is 0 Å². The van der Waals surface area contributed by atoms with Crippen LogP contribution in [0.4, 0.5) is 5.69 Å². The van der Waals surface area contributed by atoms with E-state index in [4.69, 9.17) is 0 Å². The molecule has 2 heterocycles. The number of imide groups is 1. The summed E-state index contributed by atoms with van der Waals surface area (Å²) in [4.78, 5) is 27.8. The van der Waals surface area contributed by atoms with Crippen LogP contribution in [0.1, 0.15) is 12.1 Å². The molecule has 1 aromatic heterocycles. The lowest BCUT2D eigenvalue weighted by molar-refractivity contribution is -0.747. The van der Waals surface area contributed by atoms with Crippen molar-refractivity contribution in [1.82, 2.24) is 10.2 Å². The zero-order valence-corrected chi connectivity index (χ0v) is 14.7. The molecule has 0 spiro atoms. The smallest absolute Gasteiger partial charge is 0.251 e. The van der Waals surface area contributed by atoms with Crippen molar-refractivity contribution in [2.45, 2.75) is 19.0 Å². The molecule has 24 heavy (non-hydrogen) atoms. The summed E-state index contributed by atoms with van der Waals surface area (Å²) in [5.74, 6) is -1.13. The summed E-state index contributed by atoms with van der Waals surface area (Å²) >= 11 is 3.32. The van der Waals surface area contributed by atoms with Crippen LogP contribution < -0.4 is 14.7 Å². The molecule has 1 fully saturated rings. The maximum absolute atomic E-state index is 12.7. The minimum Gasteiger partial charge on any atom is -0.539 e. The Kier molecular flexibility index (Phi) is 4.37. The van der Waals surface area contributed by atoms with Crippen molar-refractivity contribution in [3.05, 3.63) is 34.4 Å². The van der Waals surface area contributed by atoms with Crippen molar-refractivity contribution in [2.24, 2.45) is 7.05 Å². The molecular weight excluding hydrogens is 380 g/mol. The Bertz CT molecular complexity index is 770. The maximum Gasteiger partial charge on any atom is 0.251 e. The van der Waals surface area contributed by atoms with Crippen molar-refractivity contribution in [2.75, 3.05) is 11.9 Å². The first-order chi connectivity index (χ1) is 11.4. The number of carbonyl (C=O) groups excluding carboxylic acids is 2. The number of halogens is 1. The maximum atomic E-state index is 12.7. The number of benzene rings is 1. The molecule has 9 heteroatoms. The molecule has 0 saturated carbocycles. The van der Waals surface area contributed by atoms with Crippen molar-refractivity contribution >= 4 is 33.4 Å². The van der Waals surface area contributed by atoms with Gasteiger partial charge in [0.1, 0.15) is 0 Å². The molecule has 0 N–H and O–H groups in total. The highest BCUT2D eigenvalue weighted by Crippen LogP contribution is 2.27. The fraction of sp³-hybridized carbons (Fsp3) is 0.333. The second-order valence-corrected chi connectivity index (χ2v) is 6.53. The van der Waals surface area contributed by atoms with Crippen LogP contribution in [-0.2, 0) is 23.2 Å². The fourth-order valence-electron chi connectivity index (χ4n) is 2.67. The average molecular weight is 395 g/mol. The predicted molar refractivity (Wildman–Crippen MR) is 83.6 cm³/mol. The molecule has 3 rings (SSSR count). The molecular formula is C15H15BrN4O4. The highest BCUT2D eigenvalue weighted by Gasteiger charge is 2.42. The van der Waals surface area contributed by atoms with Crippen molar-refractivity contribution in [3.8, 4) is 5.95 Å². The first-order valence-electron chi connectivity index (χ1n) is 7.23. The van der Waals surface area contributed by atoms with Crippen LogP contribution in [0.15, 0.2) is 33.3 Å². The third kappa shape index (κ3) is 2.92. The molecule has 1 aliphatic heterocycles. The summed E-state index contributed by atoms with van der Waals surface area (Å²) in [6.07, 6.45) is 0.0641. The number of nitrogens with zero attached hydrogens (tertiary/aromatic N) is 4. The number of rotatable bonds is 4. The van der Waals surface area contributed by atoms with Crippen LogP contribution in [-0.4, -0.2) is 35.1 Å². The van der Waals surface area contributed by atoms with E-state index in [-0.39, 0.29) is 24.8 Å². The summed E-state index contributed by atoms with van der Waals surface area (Å²) in [6.45, 7) is 0.163. The Morgan fingerprint density at radius 1 is 1.42 bits per heavy atom. The lowest BCUT2D eigenvalue weighted by Crippen LogP contribution is -2.43. The normalized spacial score (nSPS) is 18.0. The second kappa shape index (κ2) is 6.33. The van der Waals surface area contributed by atoms with E-state index in [1.165, 1.54) is 9.58 Å². The van der Waals surface area contributed by atoms with Gasteiger partial charge in [-0.2, -0.15) is 0 Å². The molecule has 1 unspecified atom stereocenters. The van der Waals surface area contributed by atoms with Gasteiger partial charge in [0.25, 0.3) is 5.91 Å². The SMILES string of the molecule is CN(Cc1c([O-])on[n+]1C)C1CC(=O)N(c2ccc(Br)cc2)C1=O. The molecule has 1 saturated heterocycles. The highest BCUT2D eigenvalue weighted by molar-refractivity contribution is 9.10. The van der Waals surface area contributed by atoms with Gasteiger partial charge in [-0.05, 0) is 31.3 Å². The van der Waals surface area contributed by atoms with Crippen molar-refractivity contribution in [3.63, 3.8) is 0 Å². The topological polar surface area (TPSA) is 93.6 Å². The predicted octanol–water partition coefficient (Wildman–Crippen LogP) is 0.0991. The number of amides is 2. The van der Waals surface area contributed by atoms with E-state index in [0.717, 1.165) is 4.47 Å². The number of aryl methyl sites for hydroxylation is 1. The minimum absolute atomic E-state index is 0.0641. The van der Waals surface area contributed by atoms with Crippen LogP contribution in [0.2, 0.25) is 0 Å². The third-order valence-electron chi connectivity index (χ3n) is 4.01. The van der Waals surface area contributed by atoms with E-state index in [0.29, 0.717) is 11.4 Å². The first-order valence-corrected chi connectivity index (χ1v) is 8.02. The Labute approximate surface area is 146 Å². The van der Waals surface area contributed by atoms with Gasteiger partial charge < -0.3 is 9.63 Å². The number of hydrogen-bond donors (Lipinski definition) is 0. The van der Waals surface area contributed by atoms with Gasteiger partial charge in [-0.3, -0.25) is 14.5 Å². The van der Waals surface area contributed by atoms with Gasteiger partial charge in [-0.25, -0.2) is 4.90 Å². The zero-order valence-electron chi connectivity index (χ0n) is 13.1. The first kappa shape index (κ1) is 16.6. The molecule has 1 atom stereocenters. The van der Waals surface area contributed by atoms with E-state index in [2.05, 4.69) is 25.7 Å². The van der Waals surface area contributed by atoms with E-state index in [9.17, 15) is 14.7 Å². The zero-order chi connectivity index (χ0) is 17.4. The third-order valence-corrected chi connectivity index (χ3v) is 4.54. The number of carbonyl (C=O) groups is 2. The summed E-state index contributed by atoms with van der Waals surface area (Å²) in [7, 11) is 3.27. The van der Waals surface area contributed by atoms with Crippen molar-refractivity contribution < 1.29 is 23.9 Å². The summed E-state index contributed by atoms with van der Waals surface area (Å²) in [5, 5.41) is 15.1. The van der Waals surface area contributed by atoms with E-state index in [1.54, 1.807) is 43.3 Å². The molecule has 0 bridgehead atoms. The van der Waals surface area contributed by atoms with Gasteiger partial charge in [-0.15, -0.1) is 0 Å². The van der Waals surface area contributed by atoms with Crippen LogP contribution in [0.3, 0.4) is 0 Å². The van der Waals surface area contributed by atoms with Crippen LogP contribution in [0.25, 0.3) is 0 Å². The van der Waals surface area contributed by atoms with Crippen LogP contribution >= 0.6 is 15.9 Å². The van der Waals surface area contributed by atoms with E-state index in [1.807, 2.05) is 0 Å². The summed E-state index contributed by atoms with van der Waals surface area (Å²) in [6, 6.07) is 6.33. The molecule has 0 aliphatic carbocycles. The summed E-state index contributed by atoms with van der Waals surface area (Å²) < 4.78 is 6.76. The lowest BCUT2D eigenvalue weighted by atomic mass is 10.2. The molecule has 2 amide bonds. The average Bonchev–Trinajstić information content (AvgIpc) is 3.02. The second-order valence-electron chi connectivity index (χ2n) is 5.61. The number of aromatic nitrogens is 2. The summed E-state index contributed by atoms with van der Waals surface area (Å²) in [5.41, 5.74) is 0.851. The van der Waals surface area contributed by atoms with Gasteiger partial charge in [-0.1, -0.05) is 20.6 Å². The molecule has 2 aromatic rings. The Morgan fingerprint density at radius 2 is 2.08 bits per heavy atom. The molecule has 1 aliphatic rings. The Balaban J connectivity index is 1.79. The minimum atomic E-state index is -0.629. The van der Waals surface area contributed by atoms with Crippen molar-refractivity contribution in [1.29, 1.82) is 0 Å². The van der Waals surface area contributed by atoms with Gasteiger partial charge in [0.2, 0.25) is 11.6 Å². The van der Waals surface area contributed by atoms with Gasteiger partial charge in [0.05, 0.1) is 30.0 Å². The molecule has 1 aromatic carbocycles. The molecule has 126 valence electrons. The Hall–Kier alpha value is -2.26. The highest BCUT2D eigenvalue weighted by atomic mass is 79.9. The largest absolute Gasteiger partial charge is 0.539 e. The van der Waals surface area contributed by atoms with Gasteiger partial charge >= 0.3 is 0 Å². The number of likely N-dealkylation sites (N-methyl/N-ethyl adjacent to an activating group) is 1. The molecule has 0 radical (unpaired) electrons. The van der Waals surface area contributed by atoms with E-state index >= 15 is 0 Å². The van der Waals surface area contributed by atoms with Crippen LogP contribution in [0.5, 0.6) is 5.95 Å². The molecule has 8 nitrogen and oxygen atoms in total. The number of hydrogen-bond acceptors (Lipinski definition) is 6. The van der Waals surface area contributed by atoms with E-state index < -0.39 is 12.0 Å². The Morgan fingerprint density at radius 3 is 2.67 bits per heavy atom. The van der Waals surface area contributed by atoms with Gasteiger partial charge in [0.15, 0.2) is 13.0 Å². The van der Waals surface area contributed by atoms with Gasteiger partial charge in [0, 0.05) is 4.47 Å². The standard InChI is InChI=1S/C15H15BrN4O4/c1-18(8-12-15(23)24-17-19(12)2)11-7-13(21)20(14(11)22)10-5-3-9(16)4-6-10/h3-6,11H,7-8H2,1-2H3. The number of anilines is 1.